The van der Waals surface area contributed by atoms with Crippen LogP contribution in [0, 0.1) is 0 Å². The molecule has 0 aliphatic carbocycles. The van der Waals surface area contributed by atoms with Gasteiger partial charge in [0.15, 0.2) is 0 Å². The number of nitrogens with zero attached hydrogens (tertiary/aromatic N) is 3. The number of para-hydroxylation sites is 1. The van der Waals surface area contributed by atoms with Crippen molar-refractivity contribution in [3.63, 3.8) is 0 Å². The molecule has 0 bridgehead atoms. The summed E-state index contributed by atoms with van der Waals surface area (Å²) in [6, 6.07) is 9.99. The predicted molar refractivity (Wildman–Crippen MR) is 69.9 cm³/mol. The maximum atomic E-state index is 5.46. The van der Waals surface area contributed by atoms with E-state index in [1.54, 1.807) is 6.20 Å². The van der Waals surface area contributed by atoms with Crippen molar-refractivity contribution in [3.8, 4) is 0 Å². The van der Waals surface area contributed by atoms with Crippen LogP contribution in [0.25, 0.3) is 10.9 Å². The number of pyridine rings is 1. The number of anilines is 2. The fraction of sp³-hybridized carbons (Fsp3) is 0.0833. The summed E-state index contributed by atoms with van der Waals surface area (Å²) in [4.78, 5) is 8.31. The Bertz CT molecular complexity index is 670. The third-order valence-electron chi connectivity index (χ3n) is 2.68. The van der Waals surface area contributed by atoms with Gasteiger partial charge >= 0.3 is 0 Å². The highest BCUT2D eigenvalue weighted by molar-refractivity contribution is 5.81. The van der Waals surface area contributed by atoms with Crippen molar-refractivity contribution in [2.45, 2.75) is 6.54 Å². The molecule has 2 aromatic heterocycles. The second-order valence-corrected chi connectivity index (χ2v) is 3.89. The Morgan fingerprint density at radius 1 is 1.22 bits per heavy atom. The van der Waals surface area contributed by atoms with Crippen molar-refractivity contribution >= 4 is 22.8 Å². The number of H-pyrrole nitrogens is 1. The smallest absolute Gasteiger partial charge is 0.243 e. The molecule has 0 fully saturated rings. The number of benzene rings is 1. The molecule has 0 unspecified atom stereocenters. The summed E-state index contributed by atoms with van der Waals surface area (Å²) in [6.07, 6.45) is 1.80. The van der Waals surface area contributed by atoms with Crippen molar-refractivity contribution in [3.05, 3.63) is 42.1 Å². The largest absolute Gasteiger partial charge is 0.368 e. The SMILES string of the molecule is Nc1nc(NCc2ccnc3ccccc23)n[nH]1. The average molecular weight is 240 g/mol. The first-order valence-corrected chi connectivity index (χ1v) is 5.57. The fourth-order valence-corrected chi connectivity index (χ4v) is 1.84. The minimum atomic E-state index is 0.303. The molecule has 0 spiro atoms. The molecule has 0 saturated heterocycles. The normalized spacial score (nSPS) is 10.7. The van der Waals surface area contributed by atoms with E-state index >= 15 is 0 Å². The summed E-state index contributed by atoms with van der Waals surface area (Å²) < 4.78 is 0. The second kappa shape index (κ2) is 4.33. The third-order valence-corrected chi connectivity index (χ3v) is 2.68. The van der Waals surface area contributed by atoms with Gasteiger partial charge in [0.05, 0.1) is 5.52 Å². The number of aromatic nitrogens is 4. The summed E-state index contributed by atoms with van der Waals surface area (Å²) in [5, 5.41) is 10.7. The molecule has 1 aromatic carbocycles. The lowest BCUT2D eigenvalue weighted by Gasteiger charge is -2.05. The lowest BCUT2D eigenvalue weighted by Crippen LogP contribution is -2.02. The maximum Gasteiger partial charge on any atom is 0.243 e. The van der Waals surface area contributed by atoms with Gasteiger partial charge in [-0.25, -0.2) is 5.10 Å². The molecule has 0 saturated carbocycles. The van der Waals surface area contributed by atoms with E-state index in [9.17, 15) is 0 Å². The standard InChI is InChI=1S/C12H12N6/c13-11-16-12(18-17-11)15-7-8-5-6-14-10-4-2-1-3-9(8)10/h1-6H,7H2,(H4,13,15,16,17,18). The van der Waals surface area contributed by atoms with Crippen LogP contribution in [0.4, 0.5) is 11.9 Å². The van der Waals surface area contributed by atoms with E-state index in [1.807, 2.05) is 30.3 Å². The summed E-state index contributed by atoms with van der Waals surface area (Å²) in [7, 11) is 0. The van der Waals surface area contributed by atoms with Gasteiger partial charge in [0, 0.05) is 18.1 Å². The molecule has 2 heterocycles. The van der Waals surface area contributed by atoms with Crippen molar-refractivity contribution in [1.29, 1.82) is 0 Å². The van der Waals surface area contributed by atoms with E-state index < -0.39 is 0 Å². The number of nitrogen functional groups attached to an aromatic ring is 1. The average Bonchev–Trinajstić information content (AvgIpc) is 2.82. The van der Waals surface area contributed by atoms with Gasteiger partial charge in [-0.05, 0) is 17.7 Å². The Balaban J connectivity index is 1.86. The van der Waals surface area contributed by atoms with E-state index in [1.165, 1.54) is 0 Å². The summed E-state index contributed by atoms with van der Waals surface area (Å²) in [5.74, 6) is 0.797. The molecule has 6 nitrogen and oxygen atoms in total. The van der Waals surface area contributed by atoms with Gasteiger partial charge in [0.25, 0.3) is 0 Å². The molecule has 0 aliphatic rings. The Morgan fingerprint density at radius 3 is 2.94 bits per heavy atom. The predicted octanol–water partition coefficient (Wildman–Crippen LogP) is 1.55. The Kier molecular flexibility index (Phi) is 2.53. The zero-order valence-electron chi connectivity index (χ0n) is 9.59. The Labute approximate surface area is 103 Å². The Morgan fingerprint density at radius 2 is 2.11 bits per heavy atom. The van der Waals surface area contributed by atoms with Crippen LogP contribution in [0.1, 0.15) is 5.56 Å². The van der Waals surface area contributed by atoms with Crippen molar-refractivity contribution < 1.29 is 0 Å². The molecular formula is C12H12N6. The van der Waals surface area contributed by atoms with Crippen LogP contribution in [0.3, 0.4) is 0 Å². The van der Waals surface area contributed by atoms with Crippen LogP contribution in [-0.4, -0.2) is 20.2 Å². The summed E-state index contributed by atoms with van der Waals surface area (Å²) in [5.41, 5.74) is 7.58. The van der Waals surface area contributed by atoms with Gasteiger partial charge in [-0.1, -0.05) is 18.2 Å². The number of aromatic amines is 1. The third kappa shape index (κ3) is 1.95. The van der Waals surface area contributed by atoms with Gasteiger partial charge < -0.3 is 11.1 Å². The Hall–Kier alpha value is -2.63. The number of fused-ring (bicyclic) bond motifs is 1. The van der Waals surface area contributed by atoms with Crippen LogP contribution in [0.5, 0.6) is 0 Å². The van der Waals surface area contributed by atoms with Crippen molar-refractivity contribution in [2.75, 3.05) is 11.1 Å². The van der Waals surface area contributed by atoms with Crippen LogP contribution in [0.15, 0.2) is 36.5 Å². The summed E-state index contributed by atoms with van der Waals surface area (Å²) >= 11 is 0. The van der Waals surface area contributed by atoms with Gasteiger partial charge in [0.2, 0.25) is 11.9 Å². The fourth-order valence-electron chi connectivity index (χ4n) is 1.84. The molecule has 0 atom stereocenters. The maximum absolute atomic E-state index is 5.46. The summed E-state index contributed by atoms with van der Waals surface area (Å²) in [6.45, 7) is 0.625. The van der Waals surface area contributed by atoms with Crippen molar-refractivity contribution in [1.82, 2.24) is 20.2 Å². The van der Waals surface area contributed by atoms with Crippen LogP contribution < -0.4 is 11.1 Å². The van der Waals surface area contributed by atoms with Gasteiger partial charge in [-0.15, -0.1) is 5.10 Å². The second-order valence-electron chi connectivity index (χ2n) is 3.89. The number of hydrogen-bond acceptors (Lipinski definition) is 5. The highest BCUT2D eigenvalue weighted by Gasteiger charge is 2.03. The zero-order chi connectivity index (χ0) is 12.4. The first-order valence-electron chi connectivity index (χ1n) is 5.57. The van der Waals surface area contributed by atoms with Crippen LogP contribution >= 0.6 is 0 Å². The number of hydrogen-bond donors (Lipinski definition) is 3. The highest BCUT2D eigenvalue weighted by Crippen LogP contribution is 2.16. The molecule has 18 heavy (non-hydrogen) atoms. The molecule has 0 amide bonds. The van der Waals surface area contributed by atoms with Gasteiger partial charge in [0.1, 0.15) is 0 Å². The molecule has 3 aromatic rings. The number of rotatable bonds is 3. The molecule has 90 valence electrons. The molecular weight excluding hydrogens is 228 g/mol. The number of nitrogens with two attached hydrogens (primary N) is 1. The number of nitrogens with one attached hydrogen (secondary N) is 2. The lowest BCUT2D eigenvalue weighted by molar-refractivity contribution is 1.05. The van der Waals surface area contributed by atoms with E-state index in [0.29, 0.717) is 18.4 Å². The quantitative estimate of drug-likeness (QED) is 0.646. The zero-order valence-corrected chi connectivity index (χ0v) is 9.59. The van der Waals surface area contributed by atoms with Crippen LogP contribution in [0.2, 0.25) is 0 Å². The van der Waals surface area contributed by atoms with Gasteiger partial charge in [-0.2, -0.15) is 4.98 Å². The first kappa shape index (κ1) is 10.5. The van der Waals surface area contributed by atoms with E-state index in [4.69, 9.17) is 5.73 Å². The van der Waals surface area contributed by atoms with E-state index in [-0.39, 0.29) is 0 Å². The molecule has 4 N–H and O–H groups in total. The first-order chi connectivity index (χ1) is 8.83. The molecule has 3 rings (SSSR count). The van der Waals surface area contributed by atoms with Gasteiger partial charge in [-0.3, -0.25) is 4.98 Å². The molecule has 6 heteroatoms. The molecule has 0 aliphatic heterocycles. The van der Waals surface area contributed by atoms with Crippen LogP contribution in [-0.2, 0) is 6.54 Å². The lowest BCUT2D eigenvalue weighted by atomic mass is 10.1. The van der Waals surface area contributed by atoms with E-state index in [0.717, 1.165) is 16.5 Å². The monoisotopic (exact) mass is 240 g/mol. The minimum absolute atomic E-state index is 0.303. The highest BCUT2D eigenvalue weighted by atomic mass is 15.3. The van der Waals surface area contributed by atoms with Crippen molar-refractivity contribution in [2.24, 2.45) is 0 Å². The minimum Gasteiger partial charge on any atom is -0.368 e. The van der Waals surface area contributed by atoms with E-state index in [2.05, 4.69) is 25.5 Å². The molecule has 0 radical (unpaired) electrons. The topological polar surface area (TPSA) is 92.5 Å².